The molecule has 1 amide bonds. The zero-order valence-corrected chi connectivity index (χ0v) is 12.6. The van der Waals surface area contributed by atoms with Gasteiger partial charge in [-0.05, 0) is 31.6 Å². The van der Waals surface area contributed by atoms with Crippen molar-refractivity contribution in [2.75, 3.05) is 0 Å². The lowest BCUT2D eigenvalue weighted by molar-refractivity contribution is -0.150. The van der Waals surface area contributed by atoms with Gasteiger partial charge in [0.05, 0.1) is 0 Å². The van der Waals surface area contributed by atoms with Crippen LogP contribution in [-0.4, -0.2) is 48.7 Å². The van der Waals surface area contributed by atoms with E-state index in [-0.39, 0.29) is 11.9 Å². The predicted molar refractivity (Wildman–Crippen MR) is 77.9 cm³/mol. The fraction of sp³-hybridized carbons (Fsp3) is 0.733. The Balaban J connectivity index is 1.61. The quantitative estimate of drug-likeness (QED) is 0.886. The van der Waals surface area contributed by atoms with Crippen LogP contribution in [0.1, 0.15) is 44.9 Å². The van der Waals surface area contributed by atoms with Crippen molar-refractivity contribution in [3.05, 3.63) is 12.7 Å². The molecule has 0 aromatic carbocycles. The number of fused-ring (bicyclic) bond motifs is 1. The van der Waals surface area contributed by atoms with Crippen LogP contribution in [-0.2, 0) is 16.1 Å². The van der Waals surface area contributed by atoms with Gasteiger partial charge in [-0.1, -0.05) is 12.8 Å². The minimum atomic E-state index is -0.862. The molecule has 0 radical (unpaired) electrons. The Bertz CT molecular complexity index is 531. The van der Waals surface area contributed by atoms with Gasteiger partial charge in [-0.3, -0.25) is 9.48 Å². The molecule has 3 rings (SSSR count). The third-order valence-corrected chi connectivity index (χ3v) is 4.91. The largest absolute Gasteiger partial charge is 0.480 e. The van der Waals surface area contributed by atoms with Gasteiger partial charge in [-0.15, -0.1) is 0 Å². The summed E-state index contributed by atoms with van der Waals surface area (Å²) in [5.41, 5.74) is 0. The van der Waals surface area contributed by atoms with E-state index in [2.05, 4.69) is 10.1 Å². The maximum Gasteiger partial charge on any atom is 0.326 e. The van der Waals surface area contributed by atoms with Gasteiger partial charge in [-0.25, -0.2) is 9.78 Å². The smallest absolute Gasteiger partial charge is 0.326 e. The Hall–Kier alpha value is -1.92. The van der Waals surface area contributed by atoms with Crippen molar-refractivity contribution >= 4 is 11.9 Å². The highest BCUT2D eigenvalue weighted by molar-refractivity contribution is 5.84. The van der Waals surface area contributed by atoms with Crippen LogP contribution < -0.4 is 0 Å². The molecule has 1 aliphatic carbocycles. The number of carbonyl (C=O) groups is 2. The maximum absolute atomic E-state index is 12.6. The highest BCUT2D eigenvalue weighted by Crippen LogP contribution is 2.40. The second-order valence-electron chi connectivity index (χ2n) is 6.26. The number of amides is 1. The standard InChI is InChI=1S/C15H22N4O3/c20-14(6-3-7-18-10-16-9-17-18)19-12-5-2-1-4-11(12)8-13(19)15(21)22/h9-13H,1-8H2,(H,21,22)/t11-,12+,13-/m0/s1. The minimum absolute atomic E-state index is 0.0260. The monoisotopic (exact) mass is 306 g/mol. The summed E-state index contributed by atoms with van der Waals surface area (Å²) in [4.78, 5) is 29.6. The molecule has 7 nitrogen and oxygen atoms in total. The molecule has 0 bridgehead atoms. The highest BCUT2D eigenvalue weighted by Gasteiger charge is 2.47. The van der Waals surface area contributed by atoms with Gasteiger partial charge in [0.25, 0.3) is 0 Å². The predicted octanol–water partition coefficient (Wildman–Crippen LogP) is 1.30. The molecule has 7 heteroatoms. The molecule has 3 atom stereocenters. The summed E-state index contributed by atoms with van der Waals surface area (Å²) in [6.07, 6.45) is 8.98. The Morgan fingerprint density at radius 1 is 1.27 bits per heavy atom. The van der Waals surface area contributed by atoms with E-state index in [4.69, 9.17) is 0 Å². The van der Waals surface area contributed by atoms with Crippen molar-refractivity contribution in [2.24, 2.45) is 5.92 Å². The zero-order chi connectivity index (χ0) is 15.5. The van der Waals surface area contributed by atoms with E-state index in [0.717, 1.165) is 25.7 Å². The van der Waals surface area contributed by atoms with Crippen LogP contribution in [0, 0.1) is 5.92 Å². The number of carboxylic acids is 1. The lowest BCUT2D eigenvalue weighted by Crippen LogP contribution is -2.46. The molecule has 1 aromatic heterocycles. The Morgan fingerprint density at radius 3 is 2.82 bits per heavy atom. The van der Waals surface area contributed by atoms with Gasteiger partial charge in [-0.2, -0.15) is 5.10 Å². The average Bonchev–Trinajstić information content (AvgIpc) is 3.13. The van der Waals surface area contributed by atoms with Crippen molar-refractivity contribution < 1.29 is 14.7 Å². The first-order valence-corrected chi connectivity index (χ1v) is 8.03. The first-order chi connectivity index (χ1) is 10.7. The molecule has 2 aliphatic rings. The zero-order valence-electron chi connectivity index (χ0n) is 12.6. The third-order valence-electron chi connectivity index (χ3n) is 4.91. The van der Waals surface area contributed by atoms with Crippen molar-refractivity contribution in [1.82, 2.24) is 19.7 Å². The number of carboxylic acid groups (broad SMARTS) is 1. The second-order valence-corrected chi connectivity index (χ2v) is 6.26. The van der Waals surface area contributed by atoms with Gasteiger partial charge in [0.1, 0.15) is 18.7 Å². The number of hydrogen-bond acceptors (Lipinski definition) is 4. The summed E-state index contributed by atoms with van der Waals surface area (Å²) >= 11 is 0. The molecule has 1 aliphatic heterocycles. The van der Waals surface area contributed by atoms with E-state index in [9.17, 15) is 14.7 Å². The molecule has 2 heterocycles. The number of nitrogens with zero attached hydrogens (tertiary/aromatic N) is 4. The van der Waals surface area contributed by atoms with Crippen LogP contribution in [0.5, 0.6) is 0 Å². The first-order valence-electron chi connectivity index (χ1n) is 8.03. The molecular formula is C15H22N4O3. The molecular weight excluding hydrogens is 284 g/mol. The number of likely N-dealkylation sites (tertiary alicyclic amines) is 1. The topological polar surface area (TPSA) is 88.3 Å². The number of carbonyl (C=O) groups excluding carboxylic acids is 1. The first kappa shape index (κ1) is 15.0. The van der Waals surface area contributed by atoms with E-state index in [1.807, 2.05) is 0 Å². The van der Waals surface area contributed by atoms with Crippen LogP contribution in [0.3, 0.4) is 0 Å². The molecule has 0 unspecified atom stereocenters. The molecule has 1 saturated carbocycles. The summed E-state index contributed by atoms with van der Waals surface area (Å²) in [6.45, 7) is 0.630. The molecule has 1 aromatic rings. The fourth-order valence-corrected chi connectivity index (χ4v) is 3.91. The fourth-order valence-electron chi connectivity index (χ4n) is 3.91. The summed E-state index contributed by atoms with van der Waals surface area (Å²) in [5.74, 6) is -0.518. The Morgan fingerprint density at radius 2 is 2.09 bits per heavy atom. The molecule has 0 spiro atoms. The van der Waals surface area contributed by atoms with Gasteiger partial charge in [0.15, 0.2) is 0 Å². The van der Waals surface area contributed by atoms with Crippen molar-refractivity contribution in [3.8, 4) is 0 Å². The van der Waals surface area contributed by atoms with Crippen LogP contribution in [0.4, 0.5) is 0 Å². The Labute approximate surface area is 129 Å². The summed E-state index contributed by atoms with van der Waals surface area (Å²) in [6, 6.07) is -0.499. The van der Waals surface area contributed by atoms with E-state index in [1.165, 1.54) is 6.33 Å². The molecule has 1 saturated heterocycles. The molecule has 2 fully saturated rings. The van der Waals surface area contributed by atoms with Crippen LogP contribution in [0.25, 0.3) is 0 Å². The van der Waals surface area contributed by atoms with E-state index in [0.29, 0.717) is 31.7 Å². The van der Waals surface area contributed by atoms with Gasteiger partial charge in [0.2, 0.25) is 5.91 Å². The Kier molecular flexibility index (Phi) is 4.40. The number of hydrogen-bond donors (Lipinski definition) is 1. The van der Waals surface area contributed by atoms with Crippen molar-refractivity contribution in [3.63, 3.8) is 0 Å². The van der Waals surface area contributed by atoms with Crippen LogP contribution in [0.15, 0.2) is 12.7 Å². The third kappa shape index (κ3) is 2.98. The molecule has 1 N–H and O–H groups in total. The normalized spacial score (nSPS) is 27.6. The van der Waals surface area contributed by atoms with Crippen LogP contribution >= 0.6 is 0 Å². The molecule has 120 valence electrons. The van der Waals surface area contributed by atoms with Crippen molar-refractivity contribution in [1.29, 1.82) is 0 Å². The number of aliphatic carboxylic acids is 1. The lowest BCUT2D eigenvalue weighted by atomic mass is 9.84. The lowest BCUT2D eigenvalue weighted by Gasteiger charge is -2.33. The SMILES string of the molecule is O=C(O)[C@@H]1C[C@@H]2CCCC[C@H]2N1C(=O)CCCn1cncn1. The minimum Gasteiger partial charge on any atom is -0.480 e. The van der Waals surface area contributed by atoms with E-state index < -0.39 is 12.0 Å². The summed E-state index contributed by atoms with van der Waals surface area (Å²) < 4.78 is 1.69. The van der Waals surface area contributed by atoms with Gasteiger partial charge < -0.3 is 10.0 Å². The van der Waals surface area contributed by atoms with Gasteiger partial charge >= 0.3 is 5.97 Å². The van der Waals surface area contributed by atoms with Crippen LogP contribution in [0.2, 0.25) is 0 Å². The van der Waals surface area contributed by atoms with Crippen molar-refractivity contribution in [2.45, 2.75) is 63.6 Å². The highest BCUT2D eigenvalue weighted by atomic mass is 16.4. The average molecular weight is 306 g/mol. The van der Waals surface area contributed by atoms with E-state index in [1.54, 1.807) is 15.9 Å². The number of aryl methyl sites for hydroxylation is 1. The summed E-state index contributed by atoms with van der Waals surface area (Å²) in [7, 11) is 0. The maximum atomic E-state index is 12.6. The number of rotatable bonds is 5. The summed E-state index contributed by atoms with van der Waals surface area (Å²) in [5, 5.41) is 13.4. The second kappa shape index (κ2) is 6.46. The van der Waals surface area contributed by atoms with E-state index >= 15 is 0 Å². The molecule has 22 heavy (non-hydrogen) atoms. The number of aromatic nitrogens is 3. The van der Waals surface area contributed by atoms with Gasteiger partial charge in [0, 0.05) is 19.0 Å².